The molecule has 0 saturated carbocycles. The van der Waals surface area contributed by atoms with Gasteiger partial charge in [0.15, 0.2) is 0 Å². The SMILES string of the molecule is CC(C)(O)C(C)(C)O[Si](c1ccccc1)(c1ccccc1)c1ccccc1. The first-order valence-electron chi connectivity index (χ1n) is 9.36. The summed E-state index contributed by atoms with van der Waals surface area (Å²) in [6, 6.07) is 31.3. The van der Waals surface area contributed by atoms with Crippen LogP contribution in [0, 0.1) is 0 Å². The van der Waals surface area contributed by atoms with E-state index in [9.17, 15) is 5.11 Å². The van der Waals surface area contributed by atoms with Gasteiger partial charge in [0, 0.05) is 0 Å². The summed E-state index contributed by atoms with van der Waals surface area (Å²) in [5, 5.41) is 14.3. The van der Waals surface area contributed by atoms with E-state index >= 15 is 0 Å². The Kier molecular flexibility index (Phi) is 5.38. The third-order valence-electron chi connectivity index (χ3n) is 5.42. The van der Waals surface area contributed by atoms with E-state index in [0.717, 1.165) is 0 Å². The molecule has 0 aliphatic rings. The minimum Gasteiger partial charge on any atom is -0.396 e. The van der Waals surface area contributed by atoms with Crippen LogP contribution in [0.1, 0.15) is 27.7 Å². The van der Waals surface area contributed by atoms with Crippen molar-refractivity contribution in [1.29, 1.82) is 0 Å². The highest BCUT2D eigenvalue weighted by atomic mass is 28.4. The molecule has 3 rings (SSSR count). The van der Waals surface area contributed by atoms with E-state index in [0.29, 0.717) is 0 Å². The smallest absolute Gasteiger partial charge is 0.288 e. The number of benzene rings is 3. The molecular formula is C24H28O2Si. The van der Waals surface area contributed by atoms with Gasteiger partial charge in [0.05, 0.1) is 11.2 Å². The molecule has 0 atom stereocenters. The molecule has 3 aromatic rings. The zero-order valence-corrected chi connectivity index (χ0v) is 17.5. The standard InChI is InChI=1S/C24H28O2Si/c1-23(2,25)24(3,4)26-27(20-14-8-5-9-15-20,21-16-10-6-11-17-21)22-18-12-7-13-19-22/h5-19,25H,1-4H3. The normalized spacial score (nSPS) is 12.8. The Morgan fingerprint density at radius 2 is 0.889 bits per heavy atom. The molecule has 2 nitrogen and oxygen atoms in total. The zero-order chi connectivity index (χ0) is 19.5. The van der Waals surface area contributed by atoms with Gasteiger partial charge < -0.3 is 9.53 Å². The largest absolute Gasteiger partial charge is 0.396 e. The van der Waals surface area contributed by atoms with Crippen molar-refractivity contribution in [2.45, 2.75) is 38.9 Å². The molecule has 0 spiro atoms. The van der Waals surface area contributed by atoms with Gasteiger partial charge in [-0.05, 0) is 43.3 Å². The fourth-order valence-corrected chi connectivity index (χ4v) is 7.56. The summed E-state index contributed by atoms with van der Waals surface area (Å²) in [4.78, 5) is 0. The average molecular weight is 377 g/mol. The van der Waals surface area contributed by atoms with Gasteiger partial charge in [-0.1, -0.05) is 91.0 Å². The maximum absolute atomic E-state index is 10.8. The van der Waals surface area contributed by atoms with Crippen molar-refractivity contribution >= 4 is 23.9 Å². The van der Waals surface area contributed by atoms with Gasteiger partial charge in [-0.25, -0.2) is 0 Å². The van der Waals surface area contributed by atoms with Gasteiger partial charge in [0.25, 0.3) is 8.32 Å². The summed E-state index contributed by atoms with van der Waals surface area (Å²) in [5.74, 6) is 0. The maximum atomic E-state index is 10.8. The molecule has 3 heteroatoms. The fraction of sp³-hybridized carbons (Fsp3) is 0.250. The molecule has 0 aliphatic heterocycles. The minimum atomic E-state index is -2.83. The van der Waals surface area contributed by atoms with Crippen LogP contribution in [0.4, 0.5) is 0 Å². The Morgan fingerprint density at radius 3 is 1.15 bits per heavy atom. The number of rotatable bonds is 6. The molecule has 0 aliphatic carbocycles. The Morgan fingerprint density at radius 1 is 0.593 bits per heavy atom. The van der Waals surface area contributed by atoms with Crippen molar-refractivity contribution in [1.82, 2.24) is 0 Å². The second kappa shape index (κ2) is 7.43. The van der Waals surface area contributed by atoms with E-state index in [1.807, 2.05) is 45.9 Å². The molecule has 0 bridgehead atoms. The van der Waals surface area contributed by atoms with Crippen LogP contribution >= 0.6 is 0 Å². The van der Waals surface area contributed by atoms with Gasteiger partial charge in [-0.15, -0.1) is 0 Å². The first-order chi connectivity index (χ1) is 12.8. The third-order valence-corrected chi connectivity index (χ3v) is 9.68. The molecule has 1 N–H and O–H groups in total. The van der Waals surface area contributed by atoms with Gasteiger partial charge in [-0.3, -0.25) is 0 Å². The van der Waals surface area contributed by atoms with Crippen LogP contribution in [-0.4, -0.2) is 24.6 Å². The molecule has 0 radical (unpaired) electrons. The summed E-state index contributed by atoms with van der Waals surface area (Å²) in [7, 11) is -2.83. The van der Waals surface area contributed by atoms with Gasteiger partial charge in [-0.2, -0.15) is 0 Å². The summed E-state index contributed by atoms with van der Waals surface area (Å²) < 4.78 is 7.04. The van der Waals surface area contributed by atoms with Crippen LogP contribution in [0.15, 0.2) is 91.0 Å². The highest BCUT2D eigenvalue weighted by Gasteiger charge is 2.49. The summed E-state index contributed by atoms with van der Waals surface area (Å²) >= 11 is 0. The van der Waals surface area contributed by atoms with Gasteiger partial charge in [0.2, 0.25) is 0 Å². The average Bonchev–Trinajstić information content (AvgIpc) is 2.67. The third kappa shape index (κ3) is 3.77. The lowest BCUT2D eigenvalue weighted by Gasteiger charge is -2.45. The minimum absolute atomic E-state index is 0.749. The van der Waals surface area contributed by atoms with Crippen molar-refractivity contribution in [2.75, 3.05) is 0 Å². The van der Waals surface area contributed by atoms with Crippen LogP contribution in [0.25, 0.3) is 0 Å². The number of hydrogen-bond donors (Lipinski definition) is 1. The number of aliphatic hydroxyl groups is 1. The van der Waals surface area contributed by atoms with Gasteiger partial charge in [0.1, 0.15) is 0 Å². The predicted molar refractivity (Wildman–Crippen MR) is 115 cm³/mol. The molecule has 0 fully saturated rings. The Bertz CT molecular complexity index is 756. The lowest BCUT2D eigenvalue weighted by Crippen LogP contribution is -2.73. The van der Waals surface area contributed by atoms with Crippen molar-refractivity contribution < 1.29 is 9.53 Å². The molecule has 0 saturated heterocycles. The van der Waals surface area contributed by atoms with Crippen LogP contribution in [0.5, 0.6) is 0 Å². The molecule has 0 heterocycles. The molecular weight excluding hydrogens is 348 g/mol. The maximum Gasteiger partial charge on any atom is 0.288 e. The Balaban J connectivity index is 2.33. The second-order valence-corrected chi connectivity index (χ2v) is 11.2. The first kappa shape index (κ1) is 19.6. The van der Waals surface area contributed by atoms with Crippen molar-refractivity contribution in [3.63, 3.8) is 0 Å². The molecule has 0 unspecified atom stereocenters. The monoisotopic (exact) mass is 376 g/mol. The van der Waals surface area contributed by atoms with Crippen molar-refractivity contribution in [3.05, 3.63) is 91.0 Å². The number of hydrogen-bond acceptors (Lipinski definition) is 2. The van der Waals surface area contributed by atoms with Gasteiger partial charge >= 0.3 is 0 Å². The molecule has 0 amide bonds. The lowest BCUT2D eigenvalue weighted by atomic mass is 9.90. The van der Waals surface area contributed by atoms with E-state index in [1.165, 1.54) is 15.6 Å². The fourth-order valence-electron chi connectivity index (χ4n) is 3.20. The van der Waals surface area contributed by atoms with Crippen molar-refractivity contribution in [3.8, 4) is 0 Å². The Hall–Kier alpha value is -2.20. The predicted octanol–water partition coefficient (Wildman–Crippen LogP) is 3.22. The topological polar surface area (TPSA) is 29.5 Å². The summed E-state index contributed by atoms with van der Waals surface area (Å²) in [5.41, 5.74) is -1.75. The molecule has 0 aromatic heterocycles. The van der Waals surface area contributed by atoms with E-state index < -0.39 is 19.5 Å². The van der Waals surface area contributed by atoms with Crippen LogP contribution in [0.2, 0.25) is 0 Å². The van der Waals surface area contributed by atoms with Crippen LogP contribution in [0.3, 0.4) is 0 Å². The molecule has 140 valence electrons. The summed E-state index contributed by atoms with van der Waals surface area (Å²) in [6.07, 6.45) is 0. The zero-order valence-electron chi connectivity index (χ0n) is 16.5. The van der Waals surface area contributed by atoms with Crippen LogP contribution in [-0.2, 0) is 4.43 Å². The highest BCUT2D eigenvalue weighted by molar-refractivity contribution is 7.07. The van der Waals surface area contributed by atoms with Crippen LogP contribution < -0.4 is 15.6 Å². The van der Waals surface area contributed by atoms with E-state index in [1.54, 1.807) is 0 Å². The summed E-state index contributed by atoms with van der Waals surface area (Å²) in [6.45, 7) is 7.58. The first-order valence-corrected chi connectivity index (χ1v) is 11.3. The molecule has 27 heavy (non-hydrogen) atoms. The highest BCUT2D eigenvalue weighted by Crippen LogP contribution is 2.29. The van der Waals surface area contributed by atoms with E-state index in [2.05, 4.69) is 72.8 Å². The van der Waals surface area contributed by atoms with Crippen molar-refractivity contribution in [2.24, 2.45) is 0 Å². The second-order valence-electron chi connectivity index (χ2n) is 7.95. The quantitative estimate of drug-likeness (QED) is 0.529. The van der Waals surface area contributed by atoms with E-state index in [-0.39, 0.29) is 0 Å². The van der Waals surface area contributed by atoms with E-state index in [4.69, 9.17) is 4.43 Å². The molecule has 3 aromatic carbocycles. The Labute approximate surface area is 163 Å². The lowest BCUT2D eigenvalue weighted by molar-refractivity contribution is -0.0931.